The SMILES string of the molecule is CNC(=O)[C@@H](Cc1ccccc1)N(Cc1cccc(Cl)c1)C(=O)CN(c1ccccc1)S(C)(=O)=O. The number of anilines is 1. The third kappa shape index (κ3) is 7.31. The number of hydrogen-bond donors (Lipinski definition) is 1. The van der Waals surface area contributed by atoms with E-state index >= 15 is 0 Å². The van der Waals surface area contributed by atoms with Gasteiger partial charge in [0.05, 0.1) is 11.9 Å². The van der Waals surface area contributed by atoms with Crippen LogP contribution >= 0.6 is 11.6 Å². The van der Waals surface area contributed by atoms with E-state index in [0.29, 0.717) is 10.7 Å². The maximum atomic E-state index is 13.7. The van der Waals surface area contributed by atoms with Crippen molar-refractivity contribution in [2.24, 2.45) is 0 Å². The van der Waals surface area contributed by atoms with Crippen molar-refractivity contribution in [2.45, 2.75) is 19.0 Å². The molecule has 0 aliphatic carbocycles. The molecule has 0 aliphatic rings. The Labute approximate surface area is 211 Å². The number of nitrogens with one attached hydrogen (secondary N) is 1. The second-order valence-electron chi connectivity index (χ2n) is 8.08. The minimum absolute atomic E-state index is 0.0801. The number of sulfonamides is 1. The summed E-state index contributed by atoms with van der Waals surface area (Å²) < 4.78 is 26.3. The Bertz CT molecular complexity index is 1250. The highest BCUT2D eigenvalue weighted by atomic mass is 35.5. The molecule has 9 heteroatoms. The molecule has 35 heavy (non-hydrogen) atoms. The number of likely N-dealkylation sites (N-methyl/N-ethyl adjacent to an activating group) is 1. The van der Waals surface area contributed by atoms with Crippen LogP contribution in [0.25, 0.3) is 0 Å². The van der Waals surface area contributed by atoms with Crippen LogP contribution in [0.1, 0.15) is 11.1 Å². The first-order valence-electron chi connectivity index (χ1n) is 11.0. The van der Waals surface area contributed by atoms with E-state index in [9.17, 15) is 18.0 Å². The van der Waals surface area contributed by atoms with Gasteiger partial charge in [0.25, 0.3) is 0 Å². The van der Waals surface area contributed by atoms with E-state index in [2.05, 4.69) is 5.32 Å². The number of amides is 2. The van der Waals surface area contributed by atoms with E-state index in [1.54, 1.807) is 54.6 Å². The number of nitrogens with zero attached hydrogens (tertiary/aromatic N) is 2. The van der Waals surface area contributed by atoms with E-state index in [1.165, 1.54) is 11.9 Å². The molecule has 1 atom stereocenters. The van der Waals surface area contributed by atoms with Gasteiger partial charge in [-0.1, -0.05) is 72.3 Å². The first-order valence-corrected chi connectivity index (χ1v) is 13.2. The number of carbonyl (C=O) groups excluding carboxylic acids is 2. The highest BCUT2D eigenvalue weighted by Gasteiger charge is 2.32. The van der Waals surface area contributed by atoms with Crippen molar-refractivity contribution in [3.05, 3.63) is 101 Å². The van der Waals surface area contributed by atoms with Gasteiger partial charge in [0.2, 0.25) is 21.8 Å². The molecule has 1 N–H and O–H groups in total. The monoisotopic (exact) mass is 513 g/mol. The summed E-state index contributed by atoms with van der Waals surface area (Å²) in [5.74, 6) is -0.862. The summed E-state index contributed by atoms with van der Waals surface area (Å²) in [6.07, 6.45) is 1.31. The molecule has 0 spiro atoms. The van der Waals surface area contributed by atoms with Gasteiger partial charge in [-0.05, 0) is 35.4 Å². The Kier molecular flexibility index (Phi) is 8.89. The third-order valence-corrected chi connectivity index (χ3v) is 6.86. The summed E-state index contributed by atoms with van der Waals surface area (Å²) in [7, 11) is -2.26. The van der Waals surface area contributed by atoms with E-state index in [1.807, 2.05) is 30.3 Å². The van der Waals surface area contributed by atoms with Crippen molar-refractivity contribution in [3.8, 4) is 0 Å². The minimum atomic E-state index is -3.77. The zero-order chi connectivity index (χ0) is 25.4. The first kappa shape index (κ1) is 26.2. The molecule has 0 unspecified atom stereocenters. The van der Waals surface area contributed by atoms with Gasteiger partial charge >= 0.3 is 0 Å². The Morgan fingerprint density at radius 3 is 2.09 bits per heavy atom. The van der Waals surface area contributed by atoms with Gasteiger partial charge in [0.15, 0.2) is 0 Å². The van der Waals surface area contributed by atoms with Crippen LogP contribution in [0.4, 0.5) is 5.69 Å². The molecular formula is C26H28ClN3O4S. The quantitative estimate of drug-likeness (QED) is 0.449. The lowest BCUT2D eigenvalue weighted by atomic mass is 10.0. The van der Waals surface area contributed by atoms with Crippen LogP contribution in [-0.2, 0) is 32.6 Å². The molecular weight excluding hydrogens is 486 g/mol. The molecule has 0 heterocycles. The minimum Gasteiger partial charge on any atom is -0.357 e. The van der Waals surface area contributed by atoms with Crippen molar-refractivity contribution in [2.75, 3.05) is 24.2 Å². The van der Waals surface area contributed by atoms with E-state index in [0.717, 1.165) is 21.7 Å². The number of para-hydroxylation sites is 1. The number of carbonyl (C=O) groups is 2. The van der Waals surface area contributed by atoms with Gasteiger partial charge in [0, 0.05) is 25.0 Å². The van der Waals surface area contributed by atoms with Crippen LogP contribution in [0.2, 0.25) is 5.02 Å². The second-order valence-corrected chi connectivity index (χ2v) is 10.4. The van der Waals surface area contributed by atoms with Crippen molar-refractivity contribution in [1.82, 2.24) is 10.2 Å². The fourth-order valence-corrected chi connectivity index (χ4v) is 4.82. The molecule has 0 saturated carbocycles. The van der Waals surface area contributed by atoms with Gasteiger partial charge < -0.3 is 10.2 Å². The summed E-state index contributed by atoms with van der Waals surface area (Å²) in [5.41, 5.74) is 1.96. The fraction of sp³-hybridized carbons (Fsp3) is 0.231. The van der Waals surface area contributed by atoms with Crippen LogP contribution in [0.15, 0.2) is 84.9 Å². The van der Waals surface area contributed by atoms with Crippen molar-refractivity contribution in [3.63, 3.8) is 0 Å². The maximum absolute atomic E-state index is 13.7. The lowest BCUT2D eigenvalue weighted by Gasteiger charge is -2.33. The highest BCUT2D eigenvalue weighted by Crippen LogP contribution is 2.21. The van der Waals surface area contributed by atoms with Gasteiger partial charge in [-0.3, -0.25) is 13.9 Å². The number of hydrogen-bond acceptors (Lipinski definition) is 4. The summed E-state index contributed by atoms with van der Waals surface area (Å²) in [5, 5.41) is 3.14. The Hall–Kier alpha value is -3.36. The molecule has 7 nitrogen and oxygen atoms in total. The van der Waals surface area contributed by atoms with Crippen molar-refractivity contribution < 1.29 is 18.0 Å². The van der Waals surface area contributed by atoms with Crippen molar-refractivity contribution in [1.29, 1.82) is 0 Å². The third-order valence-electron chi connectivity index (χ3n) is 5.48. The number of rotatable bonds is 10. The van der Waals surface area contributed by atoms with Gasteiger partial charge in [-0.2, -0.15) is 0 Å². The zero-order valence-corrected chi connectivity index (χ0v) is 21.2. The van der Waals surface area contributed by atoms with Crippen LogP contribution in [-0.4, -0.2) is 51.0 Å². The lowest BCUT2D eigenvalue weighted by molar-refractivity contribution is -0.139. The summed E-state index contributed by atoms with van der Waals surface area (Å²) in [4.78, 5) is 28.1. The lowest BCUT2D eigenvalue weighted by Crippen LogP contribution is -2.52. The smallest absolute Gasteiger partial charge is 0.244 e. The van der Waals surface area contributed by atoms with Gasteiger partial charge in [-0.25, -0.2) is 8.42 Å². The molecule has 2 amide bonds. The van der Waals surface area contributed by atoms with Crippen LogP contribution in [0, 0.1) is 0 Å². The molecule has 0 fully saturated rings. The first-order chi connectivity index (χ1) is 16.7. The average molecular weight is 514 g/mol. The Morgan fingerprint density at radius 1 is 0.914 bits per heavy atom. The Balaban J connectivity index is 2.01. The fourth-order valence-electron chi connectivity index (χ4n) is 3.76. The topological polar surface area (TPSA) is 86.8 Å². The Morgan fingerprint density at radius 2 is 1.51 bits per heavy atom. The average Bonchev–Trinajstić information content (AvgIpc) is 2.84. The van der Waals surface area contributed by atoms with E-state index in [-0.39, 0.29) is 18.9 Å². The summed E-state index contributed by atoms with van der Waals surface area (Å²) in [6.45, 7) is -0.373. The summed E-state index contributed by atoms with van der Waals surface area (Å²) in [6, 6.07) is 23.9. The predicted molar refractivity (Wildman–Crippen MR) is 139 cm³/mol. The highest BCUT2D eigenvalue weighted by molar-refractivity contribution is 7.92. The molecule has 3 rings (SSSR count). The largest absolute Gasteiger partial charge is 0.357 e. The molecule has 0 aromatic heterocycles. The van der Waals surface area contributed by atoms with Gasteiger partial charge in [0.1, 0.15) is 12.6 Å². The molecule has 0 aliphatic heterocycles. The predicted octanol–water partition coefficient (Wildman–Crippen LogP) is 3.49. The zero-order valence-electron chi connectivity index (χ0n) is 19.6. The second kappa shape index (κ2) is 11.9. The van der Waals surface area contributed by atoms with Crippen LogP contribution < -0.4 is 9.62 Å². The number of benzene rings is 3. The molecule has 0 saturated heterocycles. The van der Waals surface area contributed by atoms with E-state index in [4.69, 9.17) is 11.6 Å². The molecule has 184 valence electrons. The molecule has 0 radical (unpaired) electrons. The molecule has 3 aromatic carbocycles. The van der Waals surface area contributed by atoms with E-state index < -0.39 is 28.5 Å². The van der Waals surface area contributed by atoms with Gasteiger partial charge in [-0.15, -0.1) is 0 Å². The van der Waals surface area contributed by atoms with Crippen LogP contribution in [0.5, 0.6) is 0 Å². The normalized spacial score (nSPS) is 12.0. The summed E-state index contributed by atoms with van der Waals surface area (Å²) >= 11 is 6.16. The van der Waals surface area contributed by atoms with Crippen molar-refractivity contribution >= 4 is 39.1 Å². The standard InChI is InChI=1S/C26H28ClN3O4S/c1-28-26(32)24(17-20-10-5-3-6-11-20)29(18-21-12-9-13-22(27)16-21)25(31)19-30(35(2,33)34)23-14-7-4-8-15-23/h3-16,24H,17-19H2,1-2H3,(H,28,32)/t24-/m1/s1. The number of halogens is 1. The molecule has 0 bridgehead atoms. The van der Waals surface area contributed by atoms with Crippen LogP contribution in [0.3, 0.4) is 0 Å². The maximum Gasteiger partial charge on any atom is 0.244 e. The molecule has 3 aromatic rings.